The summed E-state index contributed by atoms with van der Waals surface area (Å²) < 4.78 is 7.21. The first-order chi connectivity index (χ1) is 10.6. The van der Waals surface area contributed by atoms with E-state index in [2.05, 4.69) is 0 Å². The molecule has 4 nitrogen and oxygen atoms in total. The Labute approximate surface area is 135 Å². The molecule has 1 atom stereocenters. The number of nitrogens with zero attached hydrogens (tertiary/aromatic N) is 1. The van der Waals surface area contributed by atoms with Gasteiger partial charge in [-0.2, -0.15) is 0 Å². The lowest BCUT2D eigenvalue weighted by molar-refractivity contribution is 0.314. The Bertz CT molecular complexity index is 683. The van der Waals surface area contributed by atoms with Crippen LogP contribution in [-0.4, -0.2) is 16.2 Å². The van der Waals surface area contributed by atoms with Crippen molar-refractivity contribution in [1.29, 1.82) is 0 Å². The number of nitrogens with two attached hydrogens (primary N) is 1. The third-order valence-electron chi connectivity index (χ3n) is 3.43. The molecule has 2 rings (SSSR count). The van der Waals surface area contributed by atoms with E-state index in [1.807, 2.05) is 37.3 Å². The molecule has 0 amide bonds. The fraction of sp³-hybridized carbons (Fsp3) is 0.294. The molecule has 0 spiro atoms. The number of thiocarbonyl (C=S) groups is 1. The molecule has 1 heterocycles. The second-order valence-electron chi connectivity index (χ2n) is 5.22. The van der Waals surface area contributed by atoms with Crippen molar-refractivity contribution >= 4 is 17.2 Å². The van der Waals surface area contributed by atoms with Crippen LogP contribution in [0.4, 0.5) is 0 Å². The van der Waals surface area contributed by atoms with Gasteiger partial charge in [0.25, 0.3) is 5.56 Å². The molecule has 0 aliphatic rings. The average Bonchev–Trinajstić information content (AvgIpc) is 2.51. The number of aromatic nitrogens is 1. The fourth-order valence-electron chi connectivity index (χ4n) is 2.08. The van der Waals surface area contributed by atoms with Gasteiger partial charge in [-0.1, -0.05) is 49.5 Å². The van der Waals surface area contributed by atoms with E-state index in [1.54, 1.807) is 22.9 Å². The zero-order valence-corrected chi connectivity index (χ0v) is 13.4. The molecular weight excluding hydrogens is 296 g/mol. The summed E-state index contributed by atoms with van der Waals surface area (Å²) >= 11 is 4.95. The molecule has 0 saturated carbocycles. The summed E-state index contributed by atoms with van der Waals surface area (Å²) in [5.41, 5.74) is 6.63. The zero-order chi connectivity index (χ0) is 15.9. The minimum absolute atomic E-state index is 0.0349. The third-order valence-corrected chi connectivity index (χ3v) is 3.84. The van der Waals surface area contributed by atoms with Gasteiger partial charge in [-0.15, -0.1) is 0 Å². The van der Waals surface area contributed by atoms with Crippen LogP contribution in [0.15, 0.2) is 53.5 Å². The van der Waals surface area contributed by atoms with Crippen LogP contribution in [-0.2, 0) is 13.0 Å². The average molecular weight is 316 g/mol. The smallest absolute Gasteiger partial charge is 0.292 e. The van der Waals surface area contributed by atoms with E-state index >= 15 is 0 Å². The Morgan fingerprint density at radius 3 is 2.68 bits per heavy atom. The molecule has 2 aromatic rings. The summed E-state index contributed by atoms with van der Waals surface area (Å²) in [7, 11) is 0. The maximum Gasteiger partial charge on any atom is 0.292 e. The van der Waals surface area contributed by atoms with E-state index in [0.717, 1.165) is 6.42 Å². The molecule has 0 fully saturated rings. The molecule has 1 unspecified atom stereocenters. The van der Waals surface area contributed by atoms with E-state index < -0.39 is 0 Å². The highest BCUT2D eigenvalue weighted by atomic mass is 32.1. The molecule has 0 bridgehead atoms. The molecular formula is C17H20N2O2S. The van der Waals surface area contributed by atoms with Gasteiger partial charge in [0.05, 0.1) is 11.6 Å². The number of benzene rings is 1. The predicted molar refractivity (Wildman–Crippen MR) is 92.3 cm³/mol. The highest BCUT2D eigenvalue weighted by Gasteiger charge is 2.10. The summed E-state index contributed by atoms with van der Waals surface area (Å²) in [6, 6.07) is 13.5. The van der Waals surface area contributed by atoms with E-state index in [4.69, 9.17) is 22.7 Å². The first kappa shape index (κ1) is 16.2. The summed E-state index contributed by atoms with van der Waals surface area (Å²) in [5.74, 6) is 0.320. The summed E-state index contributed by atoms with van der Waals surface area (Å²) in [4.78, 5) is 12.7. The molecule has 1 aromatic carbocycles. The lowest BCUT2D eigenvalue weighted by atomic mass is 10.2. The van der Waals surface area contributed by atoms with Gasteiger partial charge in [0.1, 0.15) is 0 Å². The van der Waals surface area contributed by atoms with Gasteiger partial charge < -0.3 is 15.0 Å². The van der Waals surface area contributed by atoms with Crippen LogP contribution < -0.4 is 16.0 Å². The van der Waals surface area contributed by atoms with Crippen LogP contribution >= 0.6 is 12.2 Å². The minimum Gasteiger partial charge on any atom is -0.488 e. The van der Waals surface area contributed by atoms with Crippen molar-refractivity contribution < 1.29 is 4.74 Å². The van der Waals surface area contributed by atoms with Crippen molar-refractivity contribution in [1.82, 2.24) is 4.57 Å². The van der Waals surface area contributed by atoms with Crippen molar-refractivity contribution in [2.24, 2.45) is 11.7 Å². The Morgan fingerprint density at radius 2 is 2.00 bits per heavy atom. The van der Waals surface area contributed by atoms with E-state index in [1.165, 1.54) is 5.56 Å². The topological polar surface area (TPSA) is 57.2 Å². The quantitative estimate of drug-likeness (QED) is 0.797. The van der Waals surface area contributed by atoms with Crippen LogP contribution in [0.25, 0.3) is 0 Å². The second kappa shape index (κ2) is 7.75. The standard InChI is InChI=1S/C17H20N2O2S/c1-13(16(18)22)12-19-10-5-8-15(17(19)20)21-11-9-14-6-3-2-4-7-14/h2-8,10,13H,9,11-12H2,1H3,(H2,18,22). The van der Waals surface area contributed by atoms with Crippen LogP contribution in [0.2, 0.25) is 0 Å². The molecule has 0 radical (unpaired) electrons. The minimum atomic E-state index is -0.154. The first-order valence-electron chi connectivity index (χ1n) is 7.23. The maximum absolute atomic E-state index is 12.3. The Balaban J connectivity index is 2.00. The molecule has 0 saturated heterocycles. The monoisotopic (exact) mass is 316 g/mol. The van der Waals surface area contributed by atoms with Gasteiger partial charge in [0.15, 0.2) is 5.75 Å². The summed E-state index contributed by atoms with van der Waals surface area (Å²) in [6.07, 6.45) is 2.49. The summed E-state index contributed by atoms with van der Waals surface area (Å²) in [6.45, 7) is 2.83. The van der Waals surface area contributed by atoms with Crippen molar-refractivity contribution in [3.05, 3.63) is 64.6 Å². The zero-order valence-electron chi connectivity index (χ0n) is 12.6. The third kappa shape index (κ3) is 4.43. The highest BCUT2D eigenvalue weighted by Crippen LogP contribution is 2.06. The molecule has 0 aliphatic carbocycles. The van der Waals surface area contributed by atoms with Crippen molar-refractivity contribution in [2.75, 3.05) is 6.61 Å². The number of hydrogen-bond donors (Lipinski definition) is 1. The fourth-order valence-corrected chi connectivity index (χ4v) is 2.15. The summed E-state index contributed by atoms with van der Waals surface area (Å²) in [5, 5.41) is 0. The lowest BCUT2D eigenvalue weighted by Crippen LogP contribution is -2.29. The predicted octanol–water partition coefficient (Wildman–Crippen LogP) is 2.39. The van der Waals surface area contributed by atoms with Crippen molar-refractivity contribution in [3.8, 4) is 5.75 Å². The molecule has 5 heteroatoms. The molecule has 2 N–H and O–H groups in total. The SMILES string of the molecule is CC(Cn1cccc(OCCc2ccccc2)c1=O)C(N)=S. The Hall–Kier alpha value is -2.14. The highest BCUT2D eigenvalue weighted by molar-refractivity contribution is 7.80. The van der Waals surface area contributed by atoms with E-state index in [9.17, 15) is 4.79 Å². The van der Waals surface area contributed by atoms with Gasteiger partial charge in [0, 0.05) is 25.1 Å². The molecule has 1 aromatic heterocycles. The maximum atomic E-state index is 12.3. The second-order valence-corrected chi connectivity index (χ2v) is 5.69. The van der Waals surface area contributed by atoms with Crippen molar-refractivity contribution in [2.45, 2.75) is 19.9 Å². The van der Waals surface area contributed by atoms with Gasteiger partial charge in [-0.3, -0.25) is 4.79 Å². The van der Waals surface area contributed by atoms with Gasteiger partial charge in [-0.25, -0.2) is 0 Å². The van der Waals surface area contributed by atoms with E-state index in [0.29, 0.717) is 23.9 Å². The Morgan fingerprint density at radius 1 is 1.27 bits per heavy atom. The lowest BCUT2D eigenvalue weighted by Gasteiger charge is -2.13. The Kier molecular flexibility index (Phi) is 5.72. The number of hydrogen-bond acceptors (Lipinski definition) is 3. The number of rotatable bonds is 7. The normalized spacial score (nSPS) is 11.9. The van der Waals surface area contributed by atoms with Gasteiger partial charge in [-0.05, 0) is 17.7 Å². The molecule has 0 aliphatic heterocycles. The van der Waals surface area contributed by atoms with Crippen LogP contribution in [0.3, 0.4) is 0 Å². The van der Waals surface area contributed by atoms with Gasteiger partial charge in [0.2, 0.25) is 0 Å². The van der Waals surface area contributed by atoms with Crippen LogP contribution in [0.5, 0.6) is 5.75 Å². The molecule has 116 valence electrons. The van der Waals surface area contributed by atoms with Crippen molar-refractivity contribution in [3.63, 3.8) is 0 Å². The van der Waals surface area contributed by atoms with Crippen LogP contribution in [0.1, 0.15) is 12.5 Å². The number of pyridine rings is 1. The van der Waals surface area contributed by atoms with Gasteiger partial charge >= 0.3 is 0 Å². The number of ether oxygens (including phenoxy) is 1. The van der Waals surface area contributed by atoms with Crippen LogP contribution in [0, 0.1) is 5.92 Å². The first-order valence-corrected chi connectivity index (χ1v) is 7.64. The largest absolute Gasteiger partial charge is 0.488 e. The van der Waals surface area contributed by atoms with E-state index in [-0.39, 0.29) is 11.5 Å². The molecule has 22 heavy (non-hydrogen) atoms.